The first-order chi connectivity index (χ1) is 7.79. The highest BCUT2D eigenvalue weighted by Crippen LogP contribution is 2.21. The van der Waals surface area contributed by atoms with E-state index in [1.165, 1.54) is 6.92 Å². The van der Waals surface area contributed by atoms with Crippen LogP contribution < -0.4 is 5.32 Å². The lowest BCUT2D eigenvalue weighted by Gasteiger charge is -2.14. The van der Waals surface area contributed by atoms with Crippen molar-refractivity contribution in [2.45, 2.75) is 26.1 Å². The van der Waals surface area contributed by atoms with Crippen LogP contribution in [0.4, 0.5) is 13.2 Å². The molecule has 2 atom stereocenters. The predicted octanol–water partition coefficient (Wildman–Crippen LogP) is 1.25. The molecule has 1 saturated heterocycles. The van der Waals surface area contributed by atoms with Gasteiger partial charge >= 0.3 is 6.36 Å². The highest BCUT2D eigenvalue weighted by atomic mass is 19.4. The van der Waals surface area contributed by atoms with E-state index < -0.39 is 24.7 Å². The average molecular weight is 253 g/mol. The van der Waals surface area contributed by atoms with Crippen LogP contribution in [0.15, 0.2) is 0 Å². The summed E-state index contributed by atoms with van der Waals surface area (Å²) >= 11 is 0. The van der Waals surface area contributed by atoms with E-state index in [0.717, 1.165) is 0 Å². The molecule has 4 nitrogen and oxygen atoms in total. The zero-order chi connectivity index (χ0) is 13.1. The maximum absolute atomic E-state index is 11.7. The second-order valence-electron chi connectivity index (χ2n) is 4.11. The summed E-state index contributed by atoms with van der Waals surface area (Å²) in [6.45, 7) is 1.08. The molecule has 0 unspecified atom stereocenters. The molecule has 1 fully saturated rings. The monoisotopic (exact) mass is 253 g/mol. The van der Waals surface area contributed by atoms with Crippen molar-refractivity contribution in [1.82, 2.24) is 5.32 Å². The molecule has 0 aromatic carbocycles. The van der Waals surface area contributed by atoms with Crippen molar-refractivity contribution in [3.8, 4) is 0 Å². The molecular weight excluding hydrogens is 239 g/mol. The van der Waals surface area contributed by atoms with Crippen molar-refractivity contribution in [1.29, 1.82) is 0 Å². The van der Waals surface area contributed by atoms with Crippen molar-refractivity contribution in [3.05, 3.63) is 0 Å². The fourth-order valence-electron chi connectivity index (χ4n) is 1.72. The first kappa shape index (κ1) is 14.0. The summed E-state index contributed by atoms with van der Waals surface area (Å²) in [6, 6.07) is 0. The van der Waals surface area contributed by atoms with Gasteiger partial charge in [0.15, 0.2) is 5.78 Å². The minimum absolute atomic E-state index is 0.138. The van der Waals surface area contributed by atoms with Crippen LogP contribution in [0.25, 0.3) is 0 Å². The zero-order valence-electron chi connectivity index (χ0n) is 9.34. The Morgan fingerprint density at radius 1 is 1.59 bits per heavy atom. The van der Waals surface area contributed by atoms with E-state index in [1.54, 1.807) is 0 Å². The summed E-state index contributed by atoms with van der Waals surface area (Å²) in [5, 5.41) is 2.61. The number of rotatable bonds is 5. The molecule has 0 radical (unpaired) electrons. The Kier molecular flexibility index (Phi) is 4.50. The van der Waals surface area contributed by atoms with E-state index in [4.69, 9.17) is 0 Å². The minimum atomic E-state index is -4.79. The van der Waals surface area contributed by atoms with E-state index in [2.05, 4.69) is 10.1 Å². The highest BCUT2D eigenvalue weighted by Gasteiger charge is 2.32. The largest absolute Gasteiger partial charge is 0.522 e. The topological polar surface area (TPSA) is 55.4 Å². The summed E-state index contributed by atoms with van der Waals surface area (Å²) in [6.07, 6.45) is -3.90. The molecule has 0 spiro atoms. The standard InChI is InChI=1S/C10H14F3NO3/c1-6(4-7-2-3-14-9(7)16)8(15)5-17-10(11,12)13/h6-7H,2-5H2,1H3,(H,14,16)/t6-,7-/m0/s1. The molecule has 0 aromatic rings. The van der Waals surface area contributed by atoms with Crippen LogP contribution in [0.1, 0.15) is 19.8 Å². The molecule has 1 aliphatic heterocycles. The number of alkyl halides is 3. The highest BCUT2D eigenvalue weighted by molar-refractivity contribution is 5.84. The third-order valence-electron chi connectivity index (χ3n) is 2.73. The molecule has 0 saturated carbocycles. The van der Waals surface area contributed by atoms with Crippen LogP contribution >= 0.6 is 0 Å². The SMILES string of the molecule is C[C@@H](C[C@@H]1CCNC1=O)C(=O)COC(F)(F)F. The third-order valence-corrected chi connectivity index (χ3v) is 2.73. The molecule has 0 bridgehead atoms. The summed E-state index contributed by atoms with van der Waals surface area (Å²) in [5.41, 5.74) is 0. The molecule has 7 heteroatoms. The van der Waals surface area contributed by atoms with Crippen molar-refractivity contribution < 1.29 is 27.5 Å². The number of hydrogen-bond acceptors (Lipinski definition) is 3. The molecule has 0 aliphatic carbocycles. The number of Topliss-reactive ketones (excluding diaryl/α,β-unsaturated/α-hetero) is 1. The number of amides is 1. The number of nitrogens with one attached hydrogen (secondary N) is 1. The van der Waals surface area contributed by atoms with Gasteiger partial charge in [0.1, 0.15) is 6.61 Å². The smallest absolute Gasteiger partial charge is 0.356 e. The van der Waals surface area contributed by atoms with E-state index in [0.29, 0.717) is 13.0 Å². The van der Waals surface area contributed by atoms with E-state index in [1.807, 2.05) is 0 Å². The molecule has 1 aliphatic rings. The van der Waals surface area contributed by atoms with Crippen LogP contribution in [0.2, 0.25) is 0 Å². The molecule has 1 rings (SSSR count). The maximum atomic E-state index is 11.7. The third kappa shape index (κ3) is 4.72. The lowest BCUT2D eigenvalue weighted by molar-refractivity contribution is -0.321. The van der Waals surface area contributed by atoms with Gasteiger partial charge in [0, 0.05) is 18.4 Å². The van der Waals surface area contributed by atoms with Crippen LogP contribution in [0.3, 0.4) is 0 Å². The summed E-state index contributed by atoms with van der Waals surface area (Å²) in [4.78, 5) is 22.5. The molecular formula is C10H14F3NO3. The Balaban J connectivity index is 2.34. The normalized spacial score (nSPS) is 22.4. The number of ether oxygens (including phenoxy) is 1. The lowest BCUT2D eigenvalue weighted by Crippen LogP contribution is -2.27. The van der Waals surface area contributed by atoms with Gasteiger partial charge in [0.05, 0.1) is 0 Å². The zero-order valence-corrected chi connectivity index (χ0v) is 9.34. The van der Waals surface area contributed by atoms with Gasteiger partial charge in [0.25, 0.3) is 0 Å². The number of carbonyl (C=O) groups excluding carboxylic acids is 2. The van der Waals surface area contributed by atoms with Crippen molar-refractivity contribution >= 4 is 11.7 Å². The van der Waals surface area contributed by atoms with Gasteiger partial charge in [-0.05, 0) is 12.8 Å². The average Bonchev–Trinajstić information content (AvgIpc) is 2.59. The van der Waals surface area contributed by atoms with Gasteiger partial charge in [0.2, 0.25) is 5.91 Å². The fraction of sp³-hybridized carbons (Fsp3) is 0.800. The van der Waals surface area contributed by atoms with Crippen LogP contribution in [-0.4, -0.2) is 31.2 Å². The van der Waals surface area contributed by atoms with Gasteiger partial charge in [-0.1, -0.05) is 6.92 Å². The van der Waals surface area contributed by atoms with Crippen LogP contribution in [-0.2, 0) is 14.3 Å². The van der Waals surface area contributed by atoms with Crippen molar-refractivity contribution in [3.63, 3.8) is 0 Å². The molecule has 17 heavy (non-hydrogen) atoms. The summed E-state index contributed by atoms with van der Waals surface area (Å²) in [5.74, 6) is -1.66. The Morgan fingerprint density at radius 2 is 2.24 bits per heavy atom. The number of halogens is 3. The summed E-state index contributed by atoms with van der Waals surface area (Å²) in [7, 11) is 0. The molecule has 0 aromatic heterocycles. The molecule has 98 valence electrons. The maximum Gasteiger partial charge on any atom is 0.522 e. The predicted molar refractivity (Wildman–Crippen MR) is 51.9 cm³/mol. The number of hydrogen-bond donors (Lipinski definition) is 1. The molecule has 1 N–H and O–H groups in total. The Bertz CT molecular complexity index is 304. The van der Waals surface area contributed by atoms with Gasteiger partial charge in [-0.25, -0.2) is 0 Å². The molecule has 1 amide bonds. The second kappa shape index (κ2) is 5.48. The first-order valence-electron chi connectivity index (χ1n) is 5.30. The number of carbonyl (C=O) groups is 2. The molecule has 1 heterocycles. The Labute approximate surface area is 96.5 Å². The van der Waals surface area contributed by atoms with E-state index >= 15 is 0 Å². The minimum Gasteiger partial charge on any atom is -0.356 e. The van der Waals surface area contributed by atoms with Crippen molar-refractivity contribution in [2.24, 2.45) is 11.8 Å². The van der Waals surface area contributed by atoms with Crippen LogP contribution in [0, 0.1) is 11.8 Å². The van der Waals surface area contributed by atoms with Gasteiger partial charge < -0.3 is 5.32 Å². The van der Waals surface area contributed by atoms with Gasteiger partial charge in [-0.3, -0.25) is 14.3 Å². The Morgan fingerprint density at radius 3 is 2.71 bits per heavy atom. The van der Waals surface area contributed by atoms with Gasteiger partial charge in [-0.2, -0.15) is 0 Å². The lowest BCUT2D eigenvalue weighted by atomic mass is 9.92. The number of ketones is 1. The van der Waals surface area contributed by atoms with E-state index in [9.17, 15) is 22.8 Å². The first-order valence-corrected chi connectivity index (χ1v) is 5.30. The summed E-state index contributed by atoms with van der Waals surface area (Å²) < 4.78 is 38.6. The Hall–Kier alpha value is -1.11. The fourth-order valence-corrected chi connectivity index (χ4v) is 1.72. The van der Waals surface area contributed by atoms with Crippen molar-refractivity contribution in [2.75, 3.05) is 13.2 Å². The van der Waals surface area contributed by atoms with Crippen LogP contribution in [0.5, 0.6) is 0 Å². The van der Waals surface area contributed by atoms with E-state index in [-0.39, 0.29) is 18.2 Å². The van der Waals surface area contributed by atoms with Gasteiger partial charge in [-0.15, -0.1) is 13.2 Å². The quantitative estimate of drug-likeness (QED) is 0.802. The second-order valence-corrected chi connectivity index (χ2v) is 4.11.